The van der Waals surface area contributed by atoms with Gasteiger partial charge in [-0.25, -0.2) is 0 Å². The lowest BCUT2D eigenvalue weighted by molar-refractivity contribution is 1.43. The molecule has 0 saturated carbocycles. The van der Waals surface area contributed by atoms with Gasteiger partial charge in [0.2, 0.25) is 0 Å². The van der Waals surface area contributed by atoms with Crippen LogP contribution in [0.3, 0.4) is 0 Å². The van der Waals surface area contributed by atoms with Crippen molar-refractivity contribution in [3.8, 4) is 0 Å². The molecule has 4 rings (SSSR count). The second kappa shape index (κ2) is 3.46. The van der Waals surface area contributed by atoms with Crippen molar-refractivity contribution in [2.75, 3.05) is 0 Å². The van der Waals surface area contributed by atoms with Crippen LogP contribution in [-0.2, 0) is 0 Å². The largest absolute Gasteiger partial charge is 0.256 e. The van der Waals surface area contributed by atoms with Crippen molar-refractivity contribution < 1.29 is 0 Å². The molecule has 0 amide bonds. The van der Waals surface area contributed by atoms with Crippen LogP contribution >= 0.6 is 0 Å². The number of hydrogen-bond acceptors (Lipinski definition) is 1. The standard InChI is InChI=1S/C15H9N.B/c1-2-10-4-5-12-8-9-16-13-7-6-11(3-1)14(10)15(12)13;/h1-9H;. The van der Waals surface area contributed by atoms with Gasteiger partial charge < -0.3 is 0 Å². The van der Waals surface area contributed by atoms with Gasteiger partial charge in [-0.2, -0.15) is 0 Å². The van der Waals surface area contributed by atoms with Gasteiger partial charge in [0, 0.05) is 20.0 Å². The first-order valence-corrected chi connectivity index (χ1v) is 5.42. The van der Waals surface area contributed by atoms with Gasteiger partial charge in [0.25, 0.3) is 0 Å². The van der Waals surface area contributed by atoms with Gasteiger partial charge in [-0.15, -0.1) is 0 Å². The lowest BCUT2D eigenvalue weighted by atomic mass is 9.97. The number of nitrogens with zero attached hydrogens (tertiary/aromatic N) is 1. The van der Waals surface area contributed by atoms with Crippen molar-refractivity contribution in [1.29, 1.82) is 0 Å². The van der Waals surface area contributed by atoms with E-state index in [9.17, 15) is 0 Å². The van der Waals surface area contributed by atoms with E-state index in [1.807, 2.05) is 6.20 Å². The van der Waals surface area contributed by atoms with Crippen LogP contribution in [0.25, 0.3) is 32.4 Å². The monoisotopic (exact) mass is 214 g/mol. The Morgan fingerprint density at radius 2 is 1.29 bits per heavy atom. The third kappa shape index (κ3) is 1.24. The van der Waals surface area contributed by atoms with Gasteiger partial charge in [0.1, 0.15) is 0 Å². The molecule has 3 radical (unpaired) electrons. The molecular weight excluding hydrogens is 205 g/mol. The van der Waals surface area contributed by atoms with E-state index >= 15 is 0 Å². The molecule has 0 atom stereocenters. The summed E-state index contributed by atoms with van der Waals surface area (Å²) in [6.45, 7) is 0. The highest BCUT2D eigenvalue weighted by molar-refractivity contribution is 6.21. The summed E-state index contributed by atoms with van der Waals surface area (Å²) in [5.74, 6) is 0. The number of rotatable bonds is 0. The van der Waals surface area contributed by atoms with Crippen molar-refractivity contribution in [1.82, 2.24) is 4.98 Å². The van der Waals surface area contributed by atoms with Crippen LogP contribution in [0.15, 0.2) is 54.7 Å². The van der Waals surface area contributed by atoms with Crippen molar-refractivity contribution in [2.24, 2.45) is 0 Å². The van der Waals surface area contributed by atoms with Crippen molar-refractivity contribution >= 4 is 40.9 Å². The quantitative estimate of drug-likeness (QED) is 0.322. The van der Waals surface area contributed by atoms with Crippen molar-refractivity contribution in [2.45, 2.75) is 0 Å². The molecule has 0 bridgehead atoms. The fraction of sp³-hybridized carbons (Fsp3) is 0. The first kappa shape index (κ1) is 10.1. The first-order valence-electron chi connectivity index (χ1n) is 5.42. The number of hydrogen-bond donors (Lipinski definition) is 0. The summed E-state index contributed by atoms with van der Waals surface area (Å²) in [4.78, 5) is 4.43. The third-order valence-corrected chi connectivity index (χ3v) is 3.25. The maximum atomic E-state index is 4.43. The molecular formula is C15H9BN. The first-order chi connectivity index (χ1) is 7.93. The molecule has 17 heavy (non-hydrogen) atoms. The van der Waals surface area contributed by atoms with Crippen molar-refractivity contribution in [3.05, 3.63) is 54.7 Å². The molecule has 0 aliphatic carbocycles. The average Bonchev–Trinajstić information content (AvgIpc) is 2.36. The Morgan fingerprint density at radius 1 is 0.647 bits per heavy atom. The summed E-state index contributed by atoms with van der Waals surface area (Å²) < 4.78 is 0. The Balaban J connectivity index is 0.000000902. The highest BCUT2D eigenvalue weighted by Gasteiger charge is 2.06. The van der Waals surface area contributed by atoms with Crippen LogP contribution < -0.4 is 0 Å². The van der Waals surface area contributed by atoms with Crippen molar-refractivity contribution in [3.63, 3.8) is 0 Å². The Hall–Kier alpha value is -2.09. The van der Waals surface area contributed by atoms with Crippen LogP contribution in [-0.4, -0.2) is 13.4 Å². The number of benzene rings is 3. The highest BCUT2D eigenvalue weighted by atomic mass is 14.6. The van der Waals surface area contributed by atoms with Gasteiger partial charge in [-0.1, -0.05) is 36.4 Å². The molecule has 0 N–H and O–H groups in total. The SMILES string of the molecule is [B].c1cc2ccc3ccnc4ccc(c1)c2c34. The van der Waals surface area contributed by atoms with E-state index < -0.39 is 0 Å². The maximum Gasteiger partial charge on any atom is 0.0714 e. The molecule has 0 spiro atoms. The van der Waals surface area contributed by atoms with E-state index in [1.54, 1.807) is 0 Å². The van der Waals surface area contributed by atoms with Crippen LogP contribution in [0.1, 0.15) is 0 Å². The summed E-state index contributed by atoms with van der Waals surface area (Å²) in [6, 6.07) is 17.1. The van der Waals surface area contributed by atoms with Gasteiger partial charge >= 0.3 is 0 Å². The second-order valence-electron chi connectivity index (χ2n) is 4.14. The topological polar surface area (TPSA) is 12.9 Å². The zero-order chi connectivity index (χ0) is 10.5. The maximum absolute atomic E-state index is 4.43. The molecule has 0 saturated heterocycles. The number of pyridine rings is 1. The number of aromatic nitrogens is 1. The van der Waals surface area contributed by atoms with E-state index in [1.165, 1.54) is 26.9 Å². The van der Waals surface area contributed by atoms with E-state index in [0.29, 0.717) is 0 Å². The molecule has 0 aliphatic heterocycles. The van der Waals surface area contributed by atoms with Crippen LogP contribution in [0.4, 0.5) is 0 Å². The van der Waals surface area contributed by atoms with Gasteiger partial charge in [0.15, 0.2) is 0 Å². The molecule has 1 nitrogen and oxygen atoms in total. The summed E-state index contributed by atoms with van der Waals surface area (Å²) >= 11 is 0. The molecule has 3 aromatic carbocycles. The van der Waals surface area contributed by atoms with Gasteiger partial charge in [0.05, 0.1) is 5.52 Å². The summed E-state index contributed by atoms with van der Waals surface area (Å²) in [5.41, 5.74) is 1.09. The molecule has 0 fully saturated rings. The molecule has 0 aliphatic rings. The predicted octanol–water partition coefficient (Wildman–Crippen LogP) is 3.60. The zero-order valence-corrected chi connectivity index (χ0v) is 9.22. The van der Waals surface area contributed by atoms with E-state index in [2.05, 4.69) is 53.5 Å². The van der Waals surface area contributed by atoms with Crippen LogP contribution in [0.2, 0.25) is 0 Å². The lowest BCUT2D eigenvalue weighted by Crippen LogP contribution is -1.84. The highest BCUT2D eigenvalue weighted by Crippen LogP contribution is 2.32. The molecule has 4 aromatic rings. The molecule has 0 unspecified atom stereocenters. The van der Waals surface area contributed by atoms with E-state index in [0.717, 1.165) is 5.52 Å². The second-order valence-corrected chi connectivity index (χ2v) is 4.14. The van der Waals surface area contributed by atoms with E-state index in [4.69, 9.17) is 0 Å². The molecule has 1 heterocycles. The molecule has 77 valence electrons. The summed E-state index contributed by atoms with van der Waals surface area (Å²) in [7, 11) is 0. The minimum absolute atomic E-state index is 0. The summed E-state index contributed by atoms with van der Waals surface area (Å²) in [5, 5.41) is 6.49. The average molecular weight is 214 g/mol. The smallest absolute Gasteiger partial charge is 0.0714 e. The van der Waals surface area contributed by atoms with Crippen LogP contribution in [0.5, 0.6) is 0 Å². The molecule has 2 heteroatoms. The predicted molar refractivity (Wildman–Crippen MR) is 73.7 cm³/mol. The Morgan fingerprint density at radius 3 is 2.06 bits per heavy atom. The molecule has 1 aromatic heterocycles. The van der Waals surface area contributed by atoms with Crippen LogP contribution in [0, 0.1) is 0 Å². The van der Waals surface area contributed by atoms with Gasteiger partial charge in [-0.3, -0.25) is 4.98 Å². The fourth-order valence-electron chi connectivity index (χ4n) is 2.53. The minimum atomic E-state index is 0. The lowest BCUT2D eigenvalue weighted by Gasteiger charge is -2.08. The Bertz CT molecular complexity index is 678. The van der Waals surface area contributed by atoms with Gasteiger partial charge in [-0.05, 0) is 33.7 Å². The van der Waals surface area contributed by atoms with E-state index in [-0.39, 0.29) is 8.41 Å². The fourth-order valence-corrected chi connectivity index (χ4v) is 2.53. The minimum Gasteiger partial charge on any atom is -0.256 e. The third-order valence-electron chi connectivity index (χ3n) is 3.25. The Kier molecular flexibility index (Phi) is 2.05. The zero-order valence-electron chi connectivity index (χ0n) is 9.22. The normalized spacial score (nSPS) is 11.1. The summed E-state index contributed by atoms with van der Waals surface area (Å²) in [6.07, 6.45) is 1.88. The Labute approximate surface area is 101 Å².